The van der Waals surface area contributed by atoms with Crippen LogP contribution in [0.1, 0.15) is 53.9 Å². The molecule has 2 aromatic rings. The second-order valence-electron chi connectivity index (χ2n) is 8.24. The minimum absolute atomic E-state index is 0.103. The predicted molar refractivity (Wildman–Crippen MR) is 108 cm³/mol. The van der Waals surface area contributed by atoms with Crippen LogP contribution in [0.2, 0.25) is 0 Å². The SMILES string of the molecule is CC(=O)c1ccc(C(c2cccc3c2OC(C)(C)C3)N2CCNCC2)cc1. The van der Waals surface area contributed by atoms with Gasteiger partial charge in [-0.05, 0) is 31.9 Å². The van der Waals surface area contributed by atoms with Crippen LogP contribution in [0.3, 0.4) is 0 Å². The van der Waals surface area contributed by atoms with Crippen molar-refractivity contribution in [3.63, 3.8) is 0 Å². The number of carbonyl (C=O) groups excluding carboxylic acids is 1. The summed E-state index contributed by atoms with van der Waals surface area (Å²) in [6, 6.07) is 14.8. The lowest BCUT2D eigenvalue weighted by molar-refractivity contribution is 0.101. The number of ether oxygens (including phenoxy) is 1. The van der Waals surface area contributed by atoms with Gasteiger partial charge < -0.3 is 10.1 Å². The number of nitrogens with one attached hydrogen (secondary N) is 1. The normalized spacial score (nSPS) is 20.0. The third-order valence-corrected chi connectivity index (χ3v) is 5.57. The van der Waals surface area contributed by atoms with Crippen LogP contribution in [-0.4, -0.2) is 42.5 Å². The first-order valence-corrected chi connectivity index (χ1v) is 9.81. The van der Waals surface area contributed by atoms with Crippen LogP contribution >= 0.6 is 0 Å². The Bertz CT molecular complexity index is 836. The number of hydrogen-bond acceptors (Lipinski definition) is 4. The maximum atomic E-state index is 11.7. The van der Waals surface area contributed by atoms with Gasteiger partial charge in [0.15, 0.2) is 5.78 Å². The van der Waals surface area contributed by atoms with Gasteiger partial charge in [0.25, 0.3) is 0 Å². The van der Waals surface area contributed by atoms with Gasteiger partial charge in [0.05, 0.1) is 6.04 Å². The molecule has 1 unspecified atom stereocenters. The molecule has 4 nitrogen and oxygen atoms in total. The minimum Gasteiger partial charge on any atom is -0.487 e. The van der Waals surface area contributed by atoms with Crippen molar-refractivity contribution in [2.24, 2.45) is 0 Å². The van der Waals surface area contributed by atoms with Crippen LogP contribution < -0.4 is 10.1 Å². The first-order chi connectivity index (χ1) is 12.9. The van der Waals surface area contributed by atoms with Crippen molar-refractivity contribution in [1.82, 2.24) is 10.2 Å². The fourth-order valence-electron chi connectivity index (χ4n) is 4.28. The molecule has 0 aromatic heterocycles. The van der Waals surface area contributed by atoms with Gasteiger partial charge in [-0.25, -0.2) is 0 Å². The molecule has 4 rings (SSSR count). The summed E-state index contributed by atoms with van der Waals surface area (Å²) in [6.45, 7) is 9.88. The Morgan fingerprint density at radius 3 is 2.48 bits per heavy atom. The molecular formula is C23H28N2O2. The number of piperazine rings is 1. The van der Waals surface area contributed by atoms with Crippen LogP contribution in [0.25, 0.3) is 0 Å². The zero-order valence-electron chi connectivity index (χ0n) is 16.4. The summed E-state index contributed by atoms with van der Waals surface area (Å²) in [6.07, 6.45) is 0.938. The van der Waals surface area contributed by atoms with Crippen molar-refractivity contribution in [2.45, 2.75) is 38.8 Å². The summed E-state index contributed by atoms with van der Waals surface area (Å²) in [5.41, 5.74) is 4.33. The van der Waals surface area contributed by atoms with Gasteiger partial charge in [0.2, 0.25) is 0 Å². The maximum Gasteiger partial charge on any atom is 0.159 e. The van der Waals surface area contributed by atoms with E-state index in [2.05, 4.69) is 54.4 Å². The van der Waals surface area contributed by atoms with E-state index in [0.717, 1.165) is 43.9 Å². The van der Waals surface area contributed by atoms with Crippen molar-refractivity contribution in [1.29, 1.82) is 0 Å². The zero-order valence-corrected chi connectivity index (χ0v) is 16.4. The Balaban J connectivity index is 1.78. The van der Waals surface area contributed by atoms with Crippen molar-refractivity contribution < 1.29 is 9.53 Å². The van der Waals surface area contributed by atoms with Gasteiger partial charge in [-0.2, -0.15) is 0 Å². The number of para-hydroxylation sites is 1. The molecule has 0 spiro atoms. The number of carbonyl (C=O) groups is 1. The molecule has 2 aromatic carbocycles. The van der Waals surface area contributed by atoms with Crippen molar-refractivity contribution >= 4 is 5.78 Å². The highest BCUT2D eigenvalue weighted by molar-refractivity contribution is 5.94. The van der Waals surface area contributed by atoms with Gasteiger partial charge >= 0.3 is 0 Å². The topological polar surface area (TPSA) is 41.6 Å². The number of nitrogens with zero attached hydrogens (tertiary/aromatic N) is 1. The molecule has 2 heterocycles. The zero-order chi connectivity index (χ0) is 19.0. The summed E-state index contributed by atoms with van der Waals surface area (Å²) in [5.74, 6) is 1.15. The molecule has 4 heteroatoms. The molecule has 1 atom stereocenters. The first kappa shape index (κ1) is 18.2. The number of hydrogen-bond donors (Lipinski definition) is 1. The van der Waals surface area contributed by atoms with Crippen LogP contribution in [0, 0.1) is 0 Å². The average Bonchev–Trinajstić information content (AvgIpc) is 2.98. The van der Waals surface area contributed by atoms with Gasteiger partial charge in [0, 0.05) is 43.7 Å². The Hall–Kier alpha value is -2.17. The van der Waals surface area contributed by atoms with Crippen molar-refractivity contribution in [3.8, 4) is 5.75 Å². The molecule has 0 bridgehead atoms. The predicted octanol–water partition coefficient (Wildman–Crippen LogP) is 3.60. The molecule has 142 valence electrons. The average molecular weight is 364 g/mol. The van der Waals surface area contributed by atoms with E-state index in [9.17, 15) is 4.79 Å². The first-order valence-electron chi connectivity index (χ1n) is 9.81. The van der Waals surface area contributed by atoms with Crippen LogP contribution in [0.4, 0.5) is 0 Å². The smallest absolute Gasteiger partial charge is 0.159 e. The van der Waals surface area contributed by atoms with Crippen LogP contribution in [0.15, 0.2) is 42.5 Å². The maximum absolute atomic E-state index is 11.7. The minimum atomic E-state index is -0.162. The molecule has 1 saturated heterocycles. The molecular weight excluding hydrogens is 336 g/mol. The van der Waals surface area contributed by atoms with E-state index in [-0.39, 0.29) is 17.4 Å². The molecule has 2 aliphatic heterocycles. The quantitative estimate of drug-likeness (QED) is 0.842. The number of fused-ring (bicyclic) bond motifs is 1. The third-order valence-electron chi connectivity index (χ3n) is 5.57. The Labute approximate surface area is 161 Å². The molecule has 1 N–H and O–H groups in total. The molecule has 1 fully saturated rings. The standard InChI is InChI=1S/C23H28N2O2/c1-16(26)17-7-9-18(10-8-17)21(25-13-11-24-12-14-25)20-6-4-5-19-15-23(2,3)27-22(19)20/h4-10,21,24H,11-15H2,1-3H3. The van der Waals surface area contributed by atoms with Gasteiger partial charge in [0.1, 0.15) is 11.4 Å². The lowest BCUT2D eigenvalue weighted by Crippen LogP contribution is -2.45. The fraction of sp³-hybridized carbons (Fsp3) is 0.435. The largest absolute Gasteiger partial charge is 0.487 e. The van der Waals surface area contributed by atoms with Crippen molar-refractivity contribution in [3.05, 3.63) is 64.7 Å². The van der Waals surface area contributed by atoms with Gasteiger partial charge in [-0.3, -0.25) is 9.69 Å². The van der Waals surface area contributed by atoms with Crippen LogP contribution in [0.5, 0.6) is 5.75 Å². The van der Waals surface area contributed by atoms with E-state index < -0.39 is 0 Å². The van der Waals surface area contributed by atoms with Crippen LogP contribution in [-0.2, 0) is 6.42 Å². The summed E-state index contributed by atoms with van der Waals surface area (Å²) in [4.78, 5) is 14.2. The highest BCUT2D eigenvalue weighted by Crippen LogP contribution is 2.43. The van der Waals surface area contributed by atoms with E-state index >= 15 is 0 Å². The van der Waals surface area contributed by atoms with Gasteiger partial charge in [-0.1, -0.05) is 42.5 Å². The van der Waals surface area contributed by atoms with E-state index in [1.54, 1.807) is 6.92 Å². The third kappa shape index (κ3) is 3.64. The summed E-state index contributed by atoms with van der Waals surface area (Å²) in [5, 5.41) is 3.44. The molecule has 2 aliphatic rings. The second-order valence-corrected chi connectivity index (χ2v) is 8.24. The van der Waals surface area contributed by atoms with Gasteiger partial charge in [-0.15, -0.1) is 0 Å². The number of ketones is 1. The van der Waals surface area contributed by atoms with Crippen molar-refractivity contribution in [2.75, 3.05) is 26.2 Å². The molecule has 27 heavy (non-hydrogen) atoms. The molecule has 0 saturated carbocycles. The Morgan fingerprint density at radius 1 is 1.11 bits per heavy atom. The van der Waals surface area contributed by atoms with E-state index in [1.165, 1.54) is 16.7 Å². The number of benzene rings is 2. The van der Waals surface area contributed by atoms with E-state index in [0.29, 0.717) is 0 Å². The Kier molecular flexibility index (Phi) is 4.79. The van der Waals surface area contributed by atoms with E-state index in [4.69, 9.17) is 4.74 Å². The highest BCUT2D eigenvalue weighted by Gasteiger charge is 2.35. The summed E-state index contributed by atoms with van der Waals surface area (Å²) >= 11 is 0. The lowest BCUT2D eigenvalue weighted by Gasteiger charge is -2.36. The lowest BCUT2D eigenvalue weighted by atomic mass is 9.92. The summed E-state index contributed by atoms with van der Waals surface area (Å²) < 4.78 is 6.38. The molecule has 0 amide bonds. The molecule has 0 aliphatic carbocycles. The number of Topliss-reactive ketones (excluding diaryl/α,β-unsaturated/α-hetero) is 1. The Morgan fingerprint density at radius 2 is 1.81 bits per heavy atom. The van der Waals surface area contributed by atoms with E-state index in [1.807, 2.05) is 12.1 Å². The monoisotopic (exact) mass is 364 g/mol. The summed E-state index contributed by atoms with van der Waals surface area (Å²) in [7, 11) is 0. The second kappa shape index (κ2) is 7.10. The fourth-order valence-corrected chi connectivity index (χ4v) is 4.28. The number of rotatable bonds is 4. The highest BCUT2D eigenvalue weighted by atomic mass is 16.5. The molecule has 0 radical (unpaired) electrons.